The van der Waals surface area contributed by atoms with Crippen LogP contribution in [0.25, 0.3) is 0 Å². The van der Waals surface area contributed by atoms with Crippen LogP contribution in [0.15, 0.2) is 42.0 Å². The van der Waals surface area contributed by atoms with Crippen molar-refractivity contribution in [3.05, 3.63) is 47.5 Å². The van der Waals surface area contributed by atoms with Crippen LogP contribution in [0.3, 0.4) is 0 Å². The van der Waals surface area contributed by atoms with E-state index in [0.717, 1.165) is 37.7 Å². The summed E-state index contributed by atoms with van der Waals surface area (Å²) in [6.45, 7) is 0.306. The molecule has 0 spiro atoms. The summed E-state index contributed by atoms with van der Waals surface area (Å²) in [6, 6.07) is 10.1. The molecule has 2 unspecified atom stereocenters. The fraction of sp³-hybridized carbons (Fsp3) is 0.500. The highest BCUT2D eigenvalue weighted by Crippen LogP contribution is 2.37. The second kappa shape index (κ2) is 8.19. The summed E-state index contributed by atoms with van der Waals surface area (Å²) in [6.07, 6.45) is 6.85. The molecule has 25 heavy (non-hydrogen) atoms. The largest absolute Gasteiger partial charge is 0.469 e. The monoisotopic (exact) mass is 343 g/mol. The summed E-state index contributed by atoms with van der Waals surface area (Å²) in [5.41, 5.74) is 2.25. The van der Waals surface area contributed by atoms with Crippen LogP contribution in [0.4, 0.5) is 4.79 Å². The van der Waals surface area contributed by atoms with Crippen molar-refractivity contribution in [2.24, 2.45) is 0 Å². The number of amides is 1. The van der Waals surface area contributed by atoms with E-state index in [1.807, 2.05) is 41.3 Å². The molecule has 2 fully saturated rings. The van der Waals surface area contributed by atoms with E-state index in [9.17, 15) is 9.59 Å². The maximum Gasteiger partial charge on any atom is 0.410 e. The predicted molar refractivity (Wildman–Crippen MR) is 93.8 cm³/mol. The van der Waals surface area contributed by atoms with Gasteiger partial charge in [0.25, 0.3) is 0 Å². The normalized spacial score (nSPS) is 22.3. The summed E-state index contributed by atoms with van der Waals surface area (Å²) in [5.74, 6) is -0.220. The Balaban J connectivity index is 1.61. The molecule has 2 aliphatic rings. The van der Waals surface area contributed by atoms with E-state index in [1.54, 1.807) is 0 Å². The Morgan fingerprint density at radius 2 is 1.84 bits per heavy atom. The molecule has 2 atom stereocenters. The third-order valence-electron chi connectivity index (χ3n) is 5.06. The van der Waals surface area contributed by atoms with Gasteiger partial charge in [0, 0.05) is 12.1 Å². The number of benzene rings is 1. The molecule has 134 valence electrons. The first-order chi connectivity index (χ1) is 12.2. The van der Waals surface area contributed by atoms with Gasteiger partial charge in [0.2, 0.25) is 0 Å². The quantitative estimate of drug-likeness (QED) is 0.616. The molecule has 1 aromatic carbocycles. The molecule has 0 saturated carbocycles. The summed E-state index contributed by atoms with van der Waals surface area (Å²) in [5, 5.41) is 0. The van der Waals surface area contributed by atoms with Crippen LogP contribution in [0, 0.1) is 0 Å². The lowest BCUT2D eigenvalue weighted by Gasteiger charge is -2.46. The molecule has 3 rings (SSSR count). The van der Waals surface area contributed by atoms with Crippen LogP contribution in [-0.4, -0.2) is 36.2 Å². The van der Waals surface area contributed by atoms with Crippen LogP contribution in [0.1, 0.15) is 44.1 Å². The second-order valence-electron chi connectivity index (χ2n) is 6.74. The van der Waals surface area contributed by atoms with Crippen molar-refractivity contribution in [3.63, 3.8) is 0 Å². The van der Waals surface area contributed by atoms with Gasteiger partial charge in [-0.2, -0.15) is 0 Å². The second-order valence-corrected chi connectivity index (χ2v) is 6.74. The number of esters is 1. The number of fused-ring (bicyclic) bond motifs is 2. The summed E-state index contributed by atoms with van der Waals surface area (Å²) in [7, 11) is 1.40. The van der Waals surface area contributed by atoms with Crippen molar-refractivity contribution >= 4 is 12.1 Å². The van der Waals surface area contributed by atoms with Gasteiger partial charge in [-0.15, -0.1) is 0 Å². The number of nitrogens with zero attached hydrogens (tertiary/aromatic N) is 1. The molecule has 1 aromatic rings. The van der Waals surface area contributed by atoms with Crippen molar-refractivity contribution in [2.45, 2.75) is 57.2 Å². The van der Waals surface area contributed by atoms with Crippen molar-refractivity contribution in [1.82, 2.24) is 4.90 Å². The van der Waals surface area contributed by atoms with E-state index >= 15 is 0 Å². The molecule has 2 saturated heterocycles. The molecule has 5 nitrogen and oxygen atoms in total. The Bertz CT molecular complexity index is 624. The van der Waals surface area contributed by atoms with Gasteiger partial charge >= 0.3 is 12.1 Å². The van der Waals surface area contributed by atoms with Crippen LogP contribution in [0.5, 0.6) is 0 Å². The number of hydrogen-bond acceptors (Lipinski definition) is 4. The molecule has 0 aromatic heterocycles. The molecule has 0 N–H and O–H groups in total. The molecule has 2 heterocycles. The first kappa shape index (κ1) is 17.5. The number of carbonyl (C=O) groups is 2. The molecule has 1 amide bonds. The molecular formula is C20H25NO4. The highest BCUT2D eigenvalue weighted by atomic mass is 16.6. The van der Waals surface area contributed by atoms with Gasteiger partial charge in [-0.3, -0.25) is 4.79 Å². The molecule has 0 aliphatic carbocycles. The molecule has 2 bridgehead atoms. The van der Waals surface area contributed by atoms with Gasteiger partial charge in [-0.1, -0.05) is 42.0 Å². The van der Waals surface area contributed by atoms with Gasteiger partial charge in [0.05, 0.1) is 13.5 Å². The Morgan fingerprint density at radius 3 is 2.48 bits per heavy atom. The number of ether oxygens (including phenoxy) is 2. The Kier molecular flexibility index (Phi) is 5.74. The fourth-order valence-corrected chi connectivity index (χ4v) is 3.82. The maximum absolute atomic E-state index is 12.6. The highest BCUT2D eigenvalue weighted by molar-refractivity contribution is 5.71. The Hall–Kier alpha value is -2.30. The van der Waals surface area contributed by atoms with E-state index in [0.29, 0.717) is 13.0 Å². The zero-order chi connectivity index (χ0) is 17.6. The van der Waals surface area contributed by atoms with Crippen molar-refractivity contribution in [1.29, 1.82) is 0 Å². The van der Waals surface area contributed by atoms with Crippen LogP contribution in [-0.2, 0) is 20.9 Å². The van der Waals surface area contributed by atoms with E-state index in [1.165, 1.54) is 12.7 Å². The third kappa shape index (κ3) is 4.41. The molecule has 0 radical (unpaired) electrons. The van der Waals surface area contributed by atoms with E-state index in [2.05, 4.69) is 0 Å². The zero-order valence-electron chi connectivity index (χ0n) is 14.6. The Morgan fingerprint density at radius 1 is 1.16 bits per heavy atom. The number of methoxy groups -OCH3 is 1. The van der Waals surface area contributed by atoms with Crippen LogP contribution >= 0.6 is 0 Å². The van der Waals surface area contributed by atoms with Crippen molar-refractivity contribution in [2.75, 3.05) is 7.11 Å². The Labute approximate surface area is 148 Å². The van der Waals surface area contributed by atoms with E-state index in [4.69, 9.17) is 9.47 Å². The number of rotatable bonds is 4. The minimum Gasteiger partial charge on any atom is -0.469 e. The van der Waals surface area contributed by atoms with Crippen molar-refractivity contribution in [3.8, 4) is 0 Å². The maximum atomic E-state index is 12.6. The highest BCUT2D eigenvalue weighted by Gasteiger charge is 2.39. The van der Waals surface area contributed by atoms with Gasteiger partial charge in [0.1, 0.15) is 6.61 Å². The molecule has 5 heteroatoms. The van der Waals surface area contributed by atoms with Crippen LogP contribution in [0.2, 0.25) is 0 Å². The number of carbonyl (C=O) groups excluding carboxylic acids is 2. The smallest absolute Gasteiger partial charge is 0.410 e. The zero-order valence-corrected chi connectivity index (χ0v) is 14.6. The number of hydrogen-bond donors (Lipinski definition) is 0. The average Bonchev–Trinajstić information content (AvgIpc) is 2.64. The summed E-state index contributed by atoms with van der Waals surface area (Å²) >= 11 is 0. The standard InChI is InChI=1S/C20H25NO4/c1-24-19(22)11-10-16-12-17-8-5-9-18(13-16)21(17)20(23)25-14-15-6-3-2-4-7-15/h2-4,6-7,10,17-18H,5,8-9,11-14H2,1H3. The molecular weight excluding hydrogens is 318 g/mol. The first-order valence-corrected chi connectivity index (χ1v) is 8.91. The SMILES string of the molecule is COC(=O)CC=C1CC2CCCC(C1)N2C(=O)OCc1ccccc1. The lowest BCUT2D eigenvalue weighted by atomic mass is 9.81. The predicted octanol–water partition coefficient (Wildman–Crippen LogP) is 3.83. The fourth-order valence-electron chi connectivity index (χ4n) is 3.82. The van der Waals surface area contributed by atoms with Gasteiger partial charge < -0.3 is 14.4 Å². The lowest BCUT2D eigenvalue weighted by molar-refractivity contribution is -0.139. The summed E-state index contributed by atoms with van der Waals surface area (Å²) < 4.78 is 10.2. The third-order valence-corrected chi connectivity index (χ3v) is 5.06. The topological polar surface area (TPSA) is 55.8 Å². The number of piperidine rings is 2. The van der Waals surface area contributed by atoms with Gasteiger partial charge in [-0.25, -0.2) is 4.79 Å². The van der Waals surface area contributed by atoms with E-state index < -0.39 is 0 Å². The molecule has 2 aliphatic heterocycles. The minimum atomic E-state index is -0.220. The first-order valence-electron chi connectivity index (χ1n) is 8.91. The summed E-state index contributed by atoms with van der Waals surface area (Å²) in [4.78, 5) is 25.9. The average molecular weight is 343 g/mol. The van der Waals surface area contributed by atoms with Crippen molar-refractivity contribution < 1.29 is 19.1 Å². The van der Waals surface area contributed by atoms with Gasteiger partial charge in [-0.05, 0) is 37.7 Å². The lowest BCUT2D eigenvalue weighted by Crippen LogP contribution is -2.53. The van der Waals surface area contributed by atoms with E-state index in [-0.39, 0.29) is 24.1 Å². The van der Waals surface area contributed by atoms with Gasteiger partial charge in [0.15, 0.2) is 0 Å². The minimum absolute atomic E-state index is 0.180. The van der Waals surface area contributed by atoms with Crippen LogP contribution < -0.4 is 0 Å².